The summed E-state index contributed by atoms with van der Waals surface area (Å²) in [6.07, 6.45) is -0.208. The monoisotopic (exact) mass is 467 g/mol. The van der Waals surface area contributed by atoms with E-state index in [1.165, 1.54) is 4.90 Å². The fraction of sp³-hybridized carbons (Fsp3) is 0.423. The maximum absolute atomic E-state index is 13.2. The number of hydrogen-bond donors (Lipinski definition) is 2. The first-order chi connectivity index (χ1) is 16.1. The van der Waals surface area contributed by atoms with Crippen molar-refractivity contribution < 1.29 is 23.9 Å². The van der Waals surface area contributed by atoms with Gasteiger partial charge in [-0.2, -0.15) is 0 Å². The summed E-state index contributed by atoms with van der Waals surface area (Å²) in [5.41, 5.74) is 2.19. The highest BCUT2D eigenvalue weighted by atomic mass is 16.6. The average Bonchev–Trinajstić information content (AvgIpc) is 2.80. The van der Waals surface area contributed by atoms with E-state index in [4.69, 9.17) is 9.47 Å². The molecule has 2 aromatic carbocycles. The van der Waals surface area contributed by atoms with E-state index in [0.29, 0.717) is 13.0 Å². The molecule has 0 spiro atoms. The molecule has 0 fully saturated rings. The first-order valence-corrected chi connectivity index (χ1v) is 11.3. The largest absolute Gasteiger partial charge is 0.497 e. The third kappa shape index (κ3) is 6.50. The molecule has 8 nitrogen and oxygen atoms in total. The van der Waals surface area contributed by atoms with Gasteiger partial charge in [0.1, 0.15) is 23.4 Å². The Morgan fingerprint density at radius 1 is 1.06 bits per heavy atom. The van der Waals surface area contributed by atoms with Crippen LogP contribution in [0.1, 0.15) is 44.4 Å². The van der Waals surface area contributed by atoms with Gasteiger partial charge >= 0.3 is 6.09 Å². The van der Waals surface area contributed by atoms with E-state index in [1.54, 1.807) is 34.8 Å². The van der Waals surface area contributed by atoms with E-state index >= 15 is 0 Å². The van der Waals surface area contributed by atoms with Crippen molar-refractivity contribution in [3.05, 3.63) is 65.2 Å². The van der Waals surface area contributed by atoms with Gasteiger partial charge in [-0.15, -0.1) is 0 Å². The van der Waals surface area contributed by atoms with Crippen molar-refractivity contribution in [2.24, 2.45) is 0 Å². The molecular weight excluding hydrogens is 434 g/mol. The van der Waals surface area contributed by atoms with Crippen LogP contribution in [-0.4, -0.2) is 47.6 Å². The number of carbonyl (C=O) groups excluding carboxylic acids is 3. The zero-order valence-corrected chi connectivity index (χ0v) is 20.4. The summed E-state index contributed by atoms with van der Waals surface area (Å²) >= 11 is 0. The van der Waals surface area contributed by atoms with Gasteiger partial charge in [-0.05, 0) is 56.5 Å². The number of nitrogens with zero attached hydrogens (tertiary/aromatic N) is 1. The van der Waals surface area contributed by atoms with Crippen LogP contribution in [0.4, 0.5) is 4.79 Å². The Kier molecular flexibility index (Phi) is 7.81. The van der Waals surface area contributed by atoms with Gasteiger partial charge in [0.15, 0.2) is 0 Å². The maximum Gasteiger partial charge on any atom is 0.411 e. The zero-order chi connectivity index (χ0) is 24.9. The summed E-state index contributed by atoms with van der Waals surface area (Å²) in [6.45, 7) is 7.56. The smallest absolute Gasteiger partial charge is 0.411 e. The van der Waals surface area contributed by atoms with Crippen molar-refractivity contribution in [1.29, 1.82) is 0 Å². The van der Waals surface area contributed by atoms with Gasteiger partial charge in [0.2, 0.25) is 11.8 Å². The Morgan fingerprint density at radius 2 is 1.71 bits per heavy atom. The number of carbonyl (C=O) groups is 3. The van der Waals surface area contributed by atoms with Gasteiger partial charge in [0, 0.05) is 13.0 Å². The average molecular weight is 468 g/mol. The Balaban J connectivity index is 1.65. The van der Waals surface area contributed by atoms with Crippen molar-refractivity contribution in [3.8, 4) is 5.75 Å². The Labute approximate surface area is 200 Å². The normalized spacial score (nSPS) is 16.1. The molecule has 2 atom stereocenters. The van der Waals surface area contributed by atoms with Gasteiger partial charge in [-0.1, -0.05) is 36.4 Å². The summed E-state index contributed by atoms with van der Waals surface area (Å²) in [6, 6.07) is 13.5. The lowest BCUT2D eigenvalue weighted by atomic mass is 9.93. The minimum absolute atomic E-state index is 0.265. The van der Waals surface area contributed by atoms with E-state index in [9.17, 15) is 14.4 Å². The lowest BCUT2D eigenvalue weighted by Crippen LogP contribution is -2.56. The summed E-state index contributed by atoms with van der Waals surface area (Å²) in [7, 11) is 1.59. The Bertz CT molecular complexity index is 1030. The highest BCUT2D eigenvalue weighted by Crippen LogP contribution is 2.25. The molecule has 8 heteroatoms. The van der Waals surface area contributed by atoms with Gasteiger partial charge in [0.25, 0.3) is 0 Å². The van der Waals surface area contributed by atoms with Crippen LogP contribution < -0.4 is 15.4 Å². The lowest BCUT2D eigenvalue weighted by Gasteiger charge is -2.37. The summed E-state index contributed by atoms with van der Waals surface area (Å²) < 4.78 is 10.7. The van der Waals surface area contributed by atoms with E-state index in [1.807, 2.05) is 48.5 Å². The number of methoxy groups -OCH3 is 1. The molecule has 3 rings (SSSR count). The molecule has 0 radical (unpaired) electrons. The molecule has 0 aliphatic carbocycles. The first kappa shape index (κ1) is 25.1. The molecule has 3 amide bonds. The Morgan fingerprint density at radius 3 is 2.32 bits per heavy atom. The van der Waals surface area contributed by atoms with Crippen molar-refractivity contribution >= 4 is 17.9 Å². The SMILES string of the molecule is COc1ccc(CNC(=O)[C@H](C)NC(=O)[C@@H]2Cc3ccccc3CN2C(=O)OC(C)(C)C)cc1. The lowest BCUT2D eigenvalue weighted by molar-refractivity contribution is -0.132. The molecule has 1 aliphatic rings. The van der Waals surface area contributed by atoms with E-state index in [2.05, 4.69) is 10.6 Å². The fourth-order valence-electron chi connectivity index (χ4n) is 3.73. The third-order valence-corrected chi connectivity index (χ3v) is 5.56. The molecule has 1 aliphatic heterocycles. The molecule has 0 aromatic heterocycles. The number of benzene rings is 2. The minimum Gasteiger partial charge on any atom is -0.497 e. The van der Waals surface area contributed by atoms with Crippen LogP contribution in [0, 0.1) is 0 Å². The van der Waals surface area contributed by atoms with Crippen LogP contribution in [0.15, 0.2) is 48.5 Å². The van der Waals surface area contributed by atoms with Crippen molar-refractivity contribution in [1.82, 2.24) is 15.5 Å². The van der Waals surface area contributed by atoms with E-state index < -0.39 is 29.7 Å². The summed E-state index contributed by atoms with van der Waals surface area (Å²) in [5, 5.41) is 5.59. The van der Waals surface area contributed by atoms with Gasteiger partial charge < -0.3 is 20.1 Å². The quantitative estimate of drug-likeness (QED) is 0.680. The van der Waals surface area contributed by atoms with Crippen molar-refractivity contribution in [2.45, 2.75) is 64.9 Å². The first-order valence-electron chi connectivity index (χ1n) is 11.3. The minimum atomic E-state index is -0.776. The second kappa shape index (κ2) is 10.6. The highest BCUT2D eigenvalue weighted by Gasteiger charge is 2.37. The van der Waals surface area contributed by atoms with Gasteiger partial charge in [-0.3, -0.25) is 14.5 Å². The van der Waals surface area contributed by atoms with Crippen molar-refractivity contribution in [3.63, 3.8) is 0 Å². The van der Waals surface area contributed by atoms with E-state index in [0.717, 1.165) is 22.4 Å². The van der Waals surface area contributed by atoms with Gasteiger partial charge in [0.05, 0.1) is 13.7 Å². The molecule has 1 heterocycles. The second-order valence-corrected chi connectivity index (χ2v) is 9.39. The molecule has 0 saturated heterocycles. The number of fused-ring (bicyclic) bond motifs is 1. The molecule has 34 heavy (non-hydrogen) atoms. The summed E-state index contributed by atoms with van der Waals surface area (Å²) in [4.78, 5) is 40.1. The number of nitrogens with one attached hydrogen (secondary N) is 2. The third-order valence-electron chi connectivity index (χ3n) is 5.56. The molecule has 2 aromatic rings. The summed E-state index contributed by atoms with van der Waals surface area (Å²) in [5.74, 6) is 0.0240. The van der Waals surface area contributed by atoms with Crippen LogP contribution >= 0.6 is 0 Å². The standard InChI is InChI=1S/C26H33N3O5/c1-17(23(30)27-15-18-10-12-21(33-5)13-11-18)28-24(31)22-14-19-8-6-7-9-20(19)16-29(22)25(32)34-26(2,3)4/h6-13,17,22H,14-16H2,1-5H3,(H,27,30)(H,28,31)/t17-,22-/m0/s1. The van der Waals surface area contributed by atoms with Crippen LogP contribution in [0.2, 0.25) is 0 Å². The predicted molar refractivity (Wildman–Crippen MR) is 128 cm³/mol. The van der Waals surface area contributed by atoms with Crippen molar-refractivity contribution in [2.75, 3.05) is 7.11 Å². The van der Waals surface area contributed by atoms with Crippen LogP contribution in [0.3, 0.4) is 0 Å². The molecule has 0 unspecified atom stereocenters. The fourth-order valence-corrected chi connectivity index (χ4v) is 3.73. The molecule has 2 N–H and O–H groups in total. The second-order valence-electron chi connectivity index (χ2n) is 9.39. The highest BCUT2D eigenvalue weighted by molar-refractivity contribution is 5.91. The van der Waals surface area contributed by atoms with Crippen LogP contribution in [-0.2, 0) is 33.8 Å². The van der Waals surface area contributed by atoms with E-state index in [-0.39, 0.29) is 12.5 Å². The van der Waals surface area contributed by atoms with Crippen LogP contribution in [0.5, 0.6) is 5.75 Å². The molecular formula is C26H33N3O5. The van der Waals surface area contributed by atoms with Gasteiger partial charge in [-0.25, -0.2) is 4.79 Å². The topological polar surface area (TPSA) is 97.0 Å². The zero-order valence-electron chi connectivity index (χ0n) is 20.4. The number of ether oxygens (including phenoxy) is 2. The Hall–Kier alpha value is -3.55. The number of rotatable bonds is 6. The maximum atomic E-state index is 13.2. The van der Waals surface area contributed by atoms with Crippen LogP contribution in [0.25, 0.3) is 0 Å². The molecule has 0 bridgehead atoms. The number of hydrogen-bond acceptors (Lipinski definition) is 5. The number of amides is 3. The molecule has 182 valence electrons. The molecule has 0 saturated carbocycles. The predicted octanol–water partition coefficient (Wildman–Crippen LogP) is 3.18.